The van der Waals surface area contributed by atoms with E-state index < -0.39 is 22.8 Å². The third-order valence-corrected chi connectivity index (χ3v) is 4.73. The van der Waals surface area contributed by atoms with Crippen LogP contribution in [0.15, 0.2) is 22.2 Å². The first-order chi connectivity index (χ1) is 12.9. The van der Waals surface area contributed by atoms with Gasteiger partial charge in [0, 0.05) is 26.2 Å². The summed E-state index contributed by atoms with van der Waals surface area (Å²) >= 11 is 0. The maximum atomic E-state index is 15.0. The third kappa shape index (κ3) is 2.56. The van der Waals surface area contributed by atoms with Crippen LogP contribution >= 0.6 is 0 Å². The summed E-state index contributed by atoms with van der Waals surface area (Å²) < 4.78 is 22.3. The Labute approximate surface area is 152 Å². The van der Waals surface area contributed by atoms with E-state index in [-0.39, 0.29) is 23.6 Å². The maximum Gasteiger partial charge on any atom is 0.341 e. The molecule has 0 bridgehead atoms. The van der Waals surface area contributed by atoms with Crippen molar-refractivity contribution in [2.24, 2.45) is 5.16 Å². The predicted octanol–water partition coefficient (Wildman–Crippen LogP) is 0.969. The first-order valence-electron chi connectivity index (χ1n) is 8.25. The Balaban J connectivity index is 1.98. The number of aromatic nitrogens is 1. The number of ether oxygens (including phenoxy) is 1. The largest absolute Gasteiger partial charge is 0.477 e. The molecular formula is C17H17FN4O5. The summed E-state index contributed by atoms with van der Waals surface area (Å²) in [4.78, 5) is 30.5. The summed E-state index contributed by atoms with van der Waals surface area (Å²) in [6, 6.07) is 1.08. The van der Waals surface area contributed by atoms with Crippen LogP contribution in [-0.2, 0) is 4.84 Å². The third-order valence-electron chi connectivity index (χ3n) is 4.73. The molecule has 0 amide bonds. The van der Waals surface area contributed by atoms with Gasteiger partial charge in [0.05, 0.1) is 17.6 Å². The van der Waals surface area contributed by atoms with Crippen molar-refractivity contribution in [3.63, 3.8) is 0 Å². The summed E-state index contributed by atoms with van der Waals surface area (Å²) in [5.74, 6) is -1.79. The van der Waals surface area contributed by atoms with Crippen molar-refractivity contribution in [1.82, 2.24) is 4.68 Å². The summed E-state index contributed by atoms with van der Waals surface area (Å²) in [6.07, 6.45) is 1.86. The second-order valence-corrected chi connectivity index (χ2v) is 6.40. The molecule has 1 aromatic heterocycles. The van der Waals surface area contributed by atoms with E-state index in [1.54, 1.807) is 17.0 Å². The maximum absolute atomic E-state index is 15.0. The molecule has 0 aliphatic carbocycles. The van der Waals surface area contributed by atoms with E-state index >= 15 is 0 Å². The van der Waals surface area contributed by atoms with Gasteiger partial charge in [-0.15, -0.1) is 0 Å². The Bertz CT molecular complexity index is 1050. The van der Waals surface area contributed by atoms with Gasteiger partial charge >= 0.3 is 5.97 Å². The molecule has 1 saturated heterocycles. The zero-order chi connectivity index (χ0) is 19.3. The highest BCUT2D eigenvalue weighted by molar-refractivity contribution is 5.99. The Morgan fingerprint density at radius 1 is 1.44 bits per heavy atom. The van der Waals surface area contributed by atoms with Crippen molar-refractivity contribution in [2.75, 3.05) is 43.9 Å². The van der Waals surface area contributed by atoms with Gasteiger partial charge in [-0.1, -0.05) is 5.16 Å². The molecule has 0 radical (unpaired) electrons. The highest BCUT2D eigenvalue weighted by atomic mass is 19.1. The average molecular weight is 376 g/mol. The lowest BCUT2D eigenvalue weighted by Gasteiger charge is -2.33. The minimum atomic E-state index is -1.36. The molecule has 0 saturated carbocycles. The van der Waals surface area contributed by atoms with E-state index in [9.17, 15) is 19.1 Å². The number of benzene rings is 1. The molecule has 4 rings (SSSR count). The standard InChI is InChI=1S/C17H17FN4O5/c1-20-8-27-16-13-10(15(23)11(17(24)25)7-22(13)20)5-12(18)14(16)21-4-3-9(6-21)19-26-2/h5,7H,3-4,6,8H2,1-2H3,(H,24,25)/b19-9+. The molecule has 2 aromatic rings. The molecule has 1 fully saturated rings. The smallest absolute Gasteiger partial charge is 0.341 e. The summed E-state index contributed by atoms with van der Waals surface area (Å²) in [5.41, 5.74) is 0.170. The molecule has 9 nitrogen and oxygen atoms in total. The van der Waals surface area contributed by atoms with Gasteiger partial charge in [-0.2, -0.15) is 0 Å². The number of carboxylic acids is 1. The molecule has 0 spiro atoms. The fourth-order valence-electron chi connectivity index (χ4n) is 3.51. The fourth-order valence-corrected chi connectivity index (χ4v) is 3.51. The average Bonchev–Trinajstić information content (AvgIpc) is 3.07. The minimum Gasteiger partial charge on any atom is -0.477 e. The van der Waals surface area contributed by atoms with Gasteiger partial charge in [0.2, 0.25) is 5.43 Å². The molecule has 27 heavy (non-hydrogen) atoms. The summed E-state index contributed by atoms with van der Waals surface area (Å²) in [6.45, 7) is 0.974. The lowest BCUT2D eigenvalue weighted by molar-refractivity contribution is 0.0694. The Kier molecular flexibility index (Phi) is 3.90. The van der Waals surface area contributed by atoms with Gasteiger partial charge in [0.1, 0.15) is 23.9 Å². The van der Waals surface area contributed by atoms with Gasteiger partial charge in [0.15, 0.2) is 18.3 Å². The minimum absolute atomic E-state index is 0.0392. The fraction of sp³-hybridized carbons (Fsp3) is 0.353. The molecular weight excluding hydrogens is 359 g/mol. The Morgan fingerprint density at radius 3 is 2.93 bits per heavy atom. The monoisotopic (exact) mass is 376 g/mol. The first-order valence-corrected chi connectivity index (χ1v) is 8.25. The van der Waals surface area contributed by atoms with E-state index in [1.807, 2.05) is 0 Å². The van der Waals surface area contributed by atoms with E-state index in [0.29, 0.717) is 25.0 Å². The first kappa shape index (κ1) is 17.1. The number of carboxylic acid groups (broad SMARTS) is 1. The van der Waals surface area contributed by atoms with Crippen molar-refractivity contribution in [2.45, 2.75) is 6.42 Å². The number of halogens is 1. The van der Waals surface area contributed by atoms with Crippen molar-refractivity contribution in [3.8, 4) is 5.75 Å². The van der Waals surface area contributed by atoms with Gasteiger partial charge in [0.25, 0.3) is 0 Å². The van der Waals surface area contributed by atoms with E-state index in [2.05, 4.69) is 5.16 Å². The quantitative estimate of drug-likeness (QED) is 0.798. The van der Waals surface area contributed by atoms with Crippen LogP contribution < -0.4 is 20.1 Å². The van der Waals surface area contributed by atoms with Crippen LogP contribution in [0.2, 0.25) is 0 Å². The Hall–Kier alpha value is -3.30. The number of aromatic carboxylic acids is 1. The van der Waals surface area contributed by atoms with Crippen LogP contribution in [0.25, 0.3) is 10.9 Å². The van der Waals surface area contributed by atoms with Crippen molar-refractivity contribution >= 4 is 28.3 Å². The van der Waals surface area contributed by atoms with Crippen molar-refractivity contribution in [3.05, 3.63) is 33.9 Å². The molecule has 0 unspecified atom stereocenters. The van der Waals surface area contributed by atoms with Crippen LogP contribution in [0.3, 0.4) is 0 Å². The number of hydrogen-bond donors (Lipinski definition) is 1. The topological polar surface area (TPSA) is 96.6 Å². The SMILES string of the molecule is CO/N=C1\CCN(c2c(F)cc3c(=O)c(C(=O)O)cn4c3c2OCN4C)C1. The van der Waals surface area contributed by atoms with Crippen molar-refractivity contribution < 1.29 is 23.9 Å². The number of oxime groups is 1. The number of anilines is 1. The molecule has 142 valence electrons. The number of pyridine rings is 1. The number of hydrogen-bond acceptors (Lipinski definition) is 7. The molecule has 1 N–H and O–H groups in total. The van der Waals surface area contributed by atoms with E-state index in [1.165, 1.54) is 18.0 Å². The zero-order valence-corrected chi connectivity index (χ0v) is 14.7. The van der Waals surface area contributed by atoms with Crippen LogP contribution in [-0.4, -0.2) is 55.4 Å². The van der Waals surface area contributed by atoms with Crippen LogP contribution in [0.5, 0.6) is 5.75 Å². The number of nitrogens with zero attached hydrogens (tertiary/aromatic N) is 4. The van der Waals surface area contributed by atoms with E-state index in [0.717, 1.165) is 11.8 Å². The highest BCUT2D eigenvalue weighted by Gasteiger charge is 2.31. The van der Waals surface area contributed by atoms with Crippen LogP contribution in [0, 0.1) is 5.82 Å². The van der Waals surface area contributed by atoms with Gasteiger partial charge in [-0.3, -0.25) is 14.5 Å². The van der Waals surface area contributed by atoms with Gasteiger partial charge < -0.3 is 19.6 Å². The number of rotatable bonds is 3. The normalized spacial score (nSPS) is 17.5. The summed E-state index contributed by atoms with van der Waals surface area (Å²) in [7, 11) is 3.13. The van der Waals surface area contributed by atoms with Crippen LogP contribution in [0.1, 0.15) is 16.8 Å². The second kappa shape index (κ2) is 6.15. The molecule has 10 heteroatoms. The predicted molar refractivity (Wildman–Crippen MR) is 96.0 cm³/mol. The number of carbonyl (C=O) groups is 1. The Morgan fingerprint density at radius 2 is 2.22 bits per heavy atom. The van der Waals surface area contributed by atoms with Crippen LogP contribution in [0.4, 0.5) is 10.1 Å². The molecule has 3 heterocycles. The molecule has 2 aliphatic heterocycles. The lowest BCUT2D eigenvalue weighted by Crippen LogP contribution is -2.40. The lowest BCUT2D eigenvalue weighted by atomic mass is 10.1. The second-order valence-electron chi connectivity index (χ2n) is 6.40. The molecule has 0 atom stereocenters. The zero-order valence-electron chi connectivity index (χ0n) is 14.7. The van der Waals surface area contributed by atoms with Crippen molar-refractivity contribution in [1.29, 1.82) is 0 Å². The molecule has 1 aromatic carbocycles. The van der Waals surface area contributed by atoms with Gasteiger partial charge in [-0.05, 0) is 6.07 Å². The van der Waals surface area contributed by atoms with E-state index in [4.69, 9.17) is 9.57 Å². The van der Waals surface area contributed by atoms with Gasteiger partial charge in [-0.25, -0.2) is 9.18 Å². The summed E-state index contributed by atoms with van der Waals surface area (Å²) in [5, 5.41) is 14.8. The highest BCUT2D eigenvalue weighted by Crippen LogP contribution is 2.40. The molecule has 2 aliphatic rings.